The number of hydrogen-bond acceptors (Lipinski definition) is 8. The monoisotopic (exact) mass is 566 g/mol. The highest BCUT2D eigenvalue weighted by Crippen LogP contribution is 2.31. The molecule has 41 heavy (non-hydrogen) atoms. The van der Waals surface area contributed by atoms with E-state index in [1.165, 1.54) is 44.5 Å². The summed E-state index contributed by atoms with van der Waals surface area (Å²) < 4.78 is 46.4. The molecule has 1 amide bonds. The molecule has 1 fully saturated rings. The van der Waals surface area contributed by atoms with E-state index in [0.29, 0.717) is 29.0 Å². The summed E-state index contributed by atoms with van der Waals surface area (Å²) in [5.74, 6) is 1.45. The smallest absolute Gasteiger partial charge is 0.416 e. The predicted molar refractivity (Wildman–Crippen MR) is 149 cm³/mol. The summed E-state index contributed by atoms with van der Waals surface area (Å²) in [6.45, 7) is 3.96. The van der Waals surface area contributed by atoms with E-state index in [4.69, 9.17) is 4.74 Å². The molecule has 0 unspecified atom stereocenters. The van der Waals surface area contributed by atoms with E-state index >= 15 is 0 Å². The van der Waals surface area contributed by atoms with Crippen molar-refractivity contribution >= 4 is 29.0 Å². The zero-order chi connectivity index (χ0) is 28.8. The van der Waals surface area contributed by atoms with Crippen LogP contribution in [0.3, 0.4) is 0 Å². The fourth-order valence-electron chi connectivity index (χ4n) is 4.53. The normalized spacial score (nSPS) is 13.7. The molecule has 0 atom stereocenters. The number of rotatable bonds is 10. The number of imidazole rings is 1. The van der Waals surface area contributed by atoms with Gasteiger partial charge in [0.05, 0.1) is 12.7 Å². The second kappa shape index (κ2) is 12.3. The first-order valence-electron chi connectivity index (χ1n) is 13.1. The van der Waals surface area contributed by atoms with Crippen LogP contribution >= 0.6 is 0 Å². The Morgan fingerprint density at radius 2 is 1.85 bits per heavy atom. The molecule has 0 saturated carbocycles. The number of nitrogens with zero attached hydrogens (tertiary/aromatic N) is 5. The fraction of sp³-hybridized carbons (Fsp3) is 0.286. The number of carbonyl (C=O) groups is 1. The third-order valence-corrected chi connectivity index (χ3v) is 6.58. The Balaban J connectivity index is 1.31. The van der Waals surface area contributed by atoms with E-state index in [9.17, 15) is 18.0 Å². The largest absolute Gasteiger partial charge is 0.497 e. The molecule has 3 N–H and O–H groups in total. The van der Waals surface area contributed by atoms with Gasteiger partial charge in [0.2, 0.25) is 5.95 Å². The van der Waals surface area contributed by atoms with Gasteiger partial charge in [-0.3, -0.25) is 9.36 Å². The average molecular weight is 567 g/mol. The molecule has 1 aliphatic heterocycles. The van der Waals surface area contributed by atoms with Crippen molar-refractivity contribution in [3.8, 4) is 11.6 Å². The maximum absolute atomic E-state index is 13.1. The van der Waals surface area contributed by atoms with Gasteiger partial charge < -0.3 is 25.6 Å². The summed E-state index contributed by atoms with van der Waals surface area (Å²) in [5.41, 5.74) is -0.186. The number of halogens is 3. The van der Waals surface area contributed by atoms with Gasteiger partial charge >= 0.3 is 6.18 Å². The van der Waals surface area contributed by atoms with Crippen LogP contribution in [0, 0.1) is 0 Å². The molecule has 0 spiro atoms. The van der Waals surface area contributed by atoms with Crippen molar-refractivity contribution in [3.63, 3.8) is 0 Å². The fourth-order valence-corrected chi connectivity index (χ4v) is 4.53. The van der Waals surface area contributed by atoms with Gasteiger partial charge in [0.25, 0.3) is 5.91 Å². The quantitative estimate of drug-likeness (QED) is 0.241. The van der Waals surface area contributed by atoms with Gasteiger partial charge in [0.1, 0.15) is 23.7 Å². The van der Waals surface area contributed by atoms with Gasteiger partial charge in [-0.15, -0.1) is 0 Å². The van der Waals surface area contributed by atoms with Crippen molar-refractivity contribution in [3.05, 3.63) is 78.4 Å². The number of amides is 1. The molecule has 2 aromatic carbocycles. The van der Waals surface area contributed by atoms with Gasteiger partial charge in [-0.25, -0.2) is 15.0 Å². The van der Waals surface area contributed by atoms with Crippen LogP contribution in [0.25, 0.3) is 5.82 Å². The number of methoxy groups -OCH3 is 1. The number of anilines is 4. The van der Waals surface area contributed by atoms with Crippen molar-refractivity contribution < 1.29 is 22.7 Å². The zero-order valence-corrected chi connectivity index (χ0v) is 22.3. The number of ether oxygens (including phenoxy) is 1. The Kier molecular flexibility index (Phi) is 8.34. The van der Waals surface area contributed by atoms with Crippen LogP contribution < -0.4 is 20.7 Å². The summed E-state index contributed by atoms with van der Waals surface area (Å²) in [6.07, 6.45) is 2.77. The molecule has 10 nitrogen and oxygen atoms in total. The van der Waals surface area contributed by atoms with Gasteiger partial charge in [0.15, 0.2) is 0 Å². The number of likely N-dealkylation sites (tertiary alicyclic amines) is 1. The number of carbonyl (C=O) groups excluding carboxylic acids is 1. The van der Waals surface area contributed by atoms with Gasteiger partial charge in [-0.2, -0.15) is 13.2 Å². The first-order chi connectivity index (χ1) is 19.8. The zero-order valence-electron chi connectivity index (χ0n) is 22.3. The summed E-state index contributed by atoms with van der Waals surface area (Å²) >= 11 is 0. The minimum absolute atomic E-state index is 0.0197. The molecule has 1 aliphatic rings. The second-order valence-electron chi connectivity index (χ2n) is 9.47. The molecule has 5 rings (SSSR count). The Bertz CT molecular complexity index is 1500. The maximum atomic E-state index is 13.1. The number of nitrogens with one attached hydrogen (secondary N) is 3. The van der Waals surface area contributed by atoms with Crippen LogP contribution in [0.5, 0.6) is 5.75 Å². The minimum atomic E-state index is -4.52. The van der Waals surface area contributed by atoms with Crippen LogP contribution in [0.1, 0.15) is 28.8 Å². The highest BCUT2D eigenvalue weighted by molar-refractivity contribution is 6.05. The van der Waals surface area contributed by atoms with Crippen molar-refractivity contribution in [1.82, 2.24) is 24.4 Å². The Hall–Kier alpha value is -4.65. The van der Waals surface area contributed by atoms with Crippen LogP contribution in [0.2, 0.25) is 0 Å². The Labute approximate surface area is 234 Å². The molecule has 4 aromatic rings. The van der Waals surface area contributed by atoms with E-state index in [0.717, 1.165) is 38.3 Å². The number of aromatic nitrogens is 4. The second-order valence-corrected chi connectivity index (χ2v) is 9.47. The van der Waals surface area contributed by atoms with Crippen molar-refractivity contribution in [2.75, 3.05) is 49.2 Å². The maximum Gasteiger partial charge on any atom is 0.416 e. The van der Waals surface area contributed by atoms with E-state index in [1.807, 2.05) is 6.07 Å². The molecule has 0 radical (unpaired) electrons. The molecule has 3 heterocycles. The van der Waals surface area contributed by atoms with Crippen molar-refractivity contribution in [2.24, 2.45) is 0 Å². The number of benzene rings is 2. The van der Waals surface area contributed by atoms with E-state index in [2.05, 4.69) is 35.8 Å². The molecule has 214 valence electrons. The van der Waals surface area contributed by atoms with Gasteiger partial charge in [-0.1, -0.05) is 6.07 Å². The minimum Gasteiger partial charge on any atom is -0.497 e. The van der Waals surface area contributed by atoms with Gasteiger partial charge in [0, 0.05) is 54.6 Å². The van der Waals surface area contributed by atoms with Crippen molar-refractivity contribution in [1.29, 1.82) is 0 Å². The lowest BCUT2D eigenvalue weighted by Gasteiger charge is -2.15. The third-order valence-electron chi connectivity index (χ3n) is 6.58. The van der Waals surface area contributed by atoms with Crippen molar-refractivity contribution in [2.45, 2.75) is 19.0 Å². The first kappa shape index (κ1) is 27.9. The summed E-state index contributed by atoms with van der Waals surface area (Å²) in [5, 5.41) is 9.02. The van der Waals surface area contributed by atoms with Crippen LogP contribution in [0.15, 0.2) is 67.3 Å². The van der Waals surface area contributed by atoms with E-state index in [1.54, 1.807) is 29.1 Å². The van der Waals surface area contributed by atoms with E-state index < -0.39 is 17.6 Å². The molecule has 2 aromatic heterocycles. The predicted octanol–water partition coefficient (Wildman–Crippen LogP) is 5.19. The molecular weight excluding hydrogens is 537 g/mol. The highest BCUT2D eigenvalue weighted by atomic mass is 19.4. The highest BCUT2D eigenvalue weighted by Gasteiger charge is 2.30. The number of alkyl halides is 3. The van der Waals surface area contributed by atoms with Gasteiger partial charge in [-0.05, 0) is 56.3 Å². The summed E-state index contributed by atoms with van der Waals surface area (Å²) in [7, 11) is 1.45. The summed E-state index contributed by atoms with van der Waals surface area (Å²) in [6, 6.07) is 11.0. The lowest BCUT2D eigenvalue weighted by molar-refractivity contribution is -0.137. The molecule has 0 aliphatic carbocycles. The Morgan fingerprint density at radius 3 is 2.63 bits per heavy atom. The lowest BCUT2D eigenvalue weighted by atomic mass is 10.1. The molecule has 0 bridgehead atoms. The summed E-state index contributed by atoms with van der Waals surface area (Å²) in [4.78, 5) is 28.5. The lowest BCUT2D eigenvalue weighted by Crippen LogP contribution is -2.26. The van der Waals surface area contributed by atoms with Crippen LogP contribution in [0.4, 0.5) is 36.3 Å². The standard InChI is InChI=1S/C28H29F3N8O2/c1-41-23-14-19(26(40)36-21-6-4-5-20(15-21)28(29,30)31)13-22(16-23)37-27-33-8-12-39(27)25-17-24(34-18-35-25)32-7-11-38-9-2-3-10-38/h4-6,8,12-18H,2-3,7,9-11H2,1H3,(H,33,37)(H,36,40)(H,32,34,35). The molecule has 1 saturated heterocycles. The Morgan fingerprint density at radius 1 is 1.02 bits per heavy atom. The first-order valence-corrected chi connectivity index (χ1v) is 13.1. The topological polar surface area (TPSA) is 109 Å². The molecular formula is C28H29F3N8O2. The van der Waals surface area contributed by atoms with Crippen LogP contribution in [-0.4, -0.2) is 63.6 Å². The SMILES string of the molecule is COc1cc(Nc2nccn2-c2cc(NCCN3CCCC3)ncn2)cc(C(=O)Nc2cccc(C(F)(F)F)c2)c1. The van der Waals surface area contributed by atoms with Crippen LogP contribution in [-0.2, 0) is 6.18 Å². The molecule has 13 heteroatoms. The van der Waals surface area contributed by atoms with E-state index in [-0.39, 0.29) is 11.3 Å². The average Bonchev–Trinajstić information content (AvgIpc) is 3.65. The third kappa shape index (κ3) is 7.11. The number of hydrogen-bond donors (Lipinski definition) is 3.